The third-order valence-electron chi connectivity index (χ3n) is 1.86. The van der Waals surface area contributed by atoms with E-state index in [2.05, 4.69) is 6.58 Å². The van der Waals surface area contributed by atoms with Gasteiger partial charge in [-0.25, -0.2) is 4.79 Å². The number of ether oxygens (including phenoxy) is 1. The summed E-state index contributed by atoms with van der Waals surface area (Å²) in [7, 11) is 1.74. The van der Waals surface area contributed by atoms with Crippen molar-refractivity contribution >= 4 is 6.09 Å². The number of hydrogen-bond donors (Lipinski definition) is 0. The molecule has 0 aromatic heterocycles. The first-order chi connectivity index (χ1) is 5.63. The maximum absolute atomic E-state index is 11.2. The van der Waals surface area contributed by atoms with Crippen LogP contribution in [0, 0.1) is 0 Å². The molecule has 0 saturated heterocycles. The summed E-state index contributed by atoms with van der Waals surface area (Å²) in [5.74, 6) is 0. The minimum Gasteiger partial charge on any atom is -0.445 e. The van der Waals surface area contributed by atoms with Crippen LogP contribution < -0.4 is 0 Å². The van der Waals surface area contributed by atoms with Crippen molar-refractivity contribution in [2.75, 3.05) is 13.7 Å². The Hall–Kier alpha value is -0.990. The first-order valence-corrected chi connectivity index (χ1v) is 4.14. The van der Waals surface area contributed by atoms with Crippen molar-refractivity contribution in [2.24, 2.45) is 0 Å². The van der Waals surface area contributed by atoms with Gasteiger partial charge in [0.1, 0.15) is 6.61 Å². The van der Waals surface area contributed by atoms with Crippen molar-refractivity contribution in [3.8, 4) is 0 Å². The summed E-state index contributed by atoms with van der Waals surface area (Å²) in [5.41, 5.74) is 0. The van der Waals surface area contributed by atoms with Gasteiger partial charge < -0.3 is 9.64 Å². The van der Waals surface area contributed by atoms with Crippen LogP contribution in [0.2, 0.25) is 0 Å². The van der Waals surface area contributed by atoms with Gasteiger partial charge in [0.2, 0.25) is 0 Å². The molecule has 1 amide bonds. The standard InChI is InChI=1S/C9H17NO2/c1-5-7-12-9(11)10(4)8(3)6-2/h5,8H,1,6-7H2,2-4H3. The zero-order valence-electron chi connectivity index (χ0n) is 8.04. The Morgan fingerprint density at radius 1 is 1.75 bits per heavy atom. The van der Waals surface area contributed by atoms with Crippen molar-refractivity contribution in [1.82, 2.24) is 4.90 Å². The molecule has 0 bridgehead atoms. The van der Waals surface area contributed by atoms with Crippen molar-refractivity contribution in [1.29, 1.82) is 0 Å². The molecule has 0 aromatic carbocycles. The van der Waals surface area contributed by atoms with Crippen molar-refractivity contribution in [3.63, 3.8) is 0 Å². The first kappa shape index (κ1) is 11.0. The fourth-order valence-electron chi connectivity index (χ4n) is 0.686. The summed E-state index contributed by atoms with van der Waals surface area (Å²) in [5, 5.41) is 0. The predicted octanol–water partition coefficient (Wildman–Crippen LogP) is 2.04. The van der Waals surface area contributed by atoms with Crippen LogP contribution in [0.3, 0.4) is 0 Å². The second-order valence-electron chi connectivity index (χ2n) is 2.73. The highest BCUT2D eigenvalue weighted by Crippen LogP contribution is 2.01. The molecule has 0 aliphatic heterocycles. The molecule has 0 aliphatic rings. The summed E-state index contributed by atoms with van der Waals surface area (Å²) in [4.78, 5) is 12.7. The molecule has 12 heavy (non-hydrogen) atoms. The fourth-order valence-corrected chi connectivity index (χ4v) is 0.686. The molecule has 3 nitrogen and oxygen atoms in total. The number of rotatable bonds is 4. The van der Waals surface area contributed by atoms with E-state index in [1.54, 1.807) is 18.0 Å². The van der Waals surface area contributed by atoms with Crippen LogP contribution >= 0.6 is 0 Å². The van der Waals surface area contributed by atoms with Gasteiger partial charge in [0.05, 0.1) is 0 Å². The highest BCUT2D eigenvalue weighted by atomic mass is 16.6. The minimum absolute atomic E-state index is 0.224. The Morgan fingerprint density at radius 3 is 2.75 bits per heavy atom. The van der Waals surface area contributed by atoms with E-state index in [4.69, 9.17) is 4.74 Å². The van der Waals surface area contributed by atoms with Gasteiger partial charge in [-0.1, -0.05) is 19.6 Å². The number of nitrogens with zero attached hydrogens (tertiary/aromatic N) is 1. The smallest absolute Gasteiger partial charge is 0.410 e. The molecule has 0 fully saturated rings. The van der Waals surface area contributed by atoms with E-state index in [1.807, 2.05) is 13.8 Å². The molecule has 1 atom stereocenters. The van der Waals surface area contributed by atoms with Gasteiger partial charge in [0, 0.05) is 13.1 Å². The van der Waals surface area contributed by atoms with Crippen LogP contribution in [-0.4, -0.2) is 30.7 Å². The molecule has 0 aliphatic carbocycles. The third kappa shape index (κ3) is 3.42. The van der Waals surface area contributed by atoms with Gasteiger partial charge in [-0.3, -0.25) is 0 Å². The largest absolute Gasteiger partial charge is 0.445 e. The SMILES string of the molecule is C=CCOC(=O)N(C)C(C)CC. The number of hydrogen-bond acceptors (Lipinski definition) is 2. The fraction of sp³-hybridized carbons (Fsp3) is 0.667. The maximum atomic E-state index is 11.2. The lowest BCUT2D eigenvalue weighted by Gasteiger charge is -2.22. The van der Waals surface area contributed by atoms with Crippen LogP contribution in [0.4, 0.5) is 4.79 Å². The lowest BCUT2D eigenvalue weighted by Crippen LogP contribution is -2.35. The number of amides is 1. The maximum Gasteiger partial charge on any atom is 0.410 e. The topological polar surface area (TPSA) is 29.5 Å². The number of carbonyl (C=O) groups is 1. The summed E-state index contributed by atoms with van der Waals surface area (Å²) in [6, 6.07) is 0.224. The quantitative estimate of drug-likeness (QED) is 0.606. The lowest BCUT2D eigenvalue weighted by molar-refractivity contribution is 0.109. The Kier molecular flexibility index (Phi) is 5.17. The minimum atomic E-state index is -0.288. The highest BCUT2D eigenvalue weighted by Gasteiger charge is 2.14. The molecule has 0 saturated carbocycles. The van der Waals surface area contributed by atoms with Crippen molar-refractivity contribution < 1.29 is 9.53 Å². The normalized spacial score (nSPS) is 11.9. The lowest BCUT2D eigenvalue weighted by atomic mass is 10.2. The van der Waals surface area contributed by atoms with Gasteiger partial charge in [-0.2, -0.15) is 0 Å². The third-order valence-corrected chi connectivity index (χ3v) is 1.86. The molecule has 0 aromatic rings. The molecule has 0 N–H and O–H groups in total. The van der Waals surface area contributed by atoms with E-state index >= 15 is 0 Å². The van der Waals surface area contributed by atoms with Crippen LogP contribution in [-0.2, 0) is 4.74 Å². The van der Waals surface area contributed by atoms with E-state index in [9.17, 15) is 4.79 Å². The Bertz CT molecular complexity index is 157. The molecule has 1 unspecified atom stereocenters. The van der Waals surface area contributed by atoms with Gasteiger partial charge in [-0.05, 0) is 13.3 Å². The predicted molar refractivity (Wildman–Crippen MR) is 49.1 cm³/mol. The van der Waals surface area contributed by atoms with E-state index in [0.717, 1.165) is 6.42 Å². The average molecular weight is 171 g/mol. The molecular formula is C9H17NO2. The van der Waals surface area contributed by atoms with Crippen LogP contribution in [0.5, 0.6) is 0 Å². The molecule has 0 radical (unpaired) electrons. The van der Waals surface area contributed by atoms with Crippen molar-refractivity contribution in [2.45, 2.75) is 26.3 Å². The van der Waals surface area contributed by atoms with Crippen LogP contribution in [0.1, 0.15) is 20.3 Å². The molecule has 70 valence electrons. The molecular weight excluding hydrogens is 154 g/mol. The first-order valence-electron chi connectivity index (χ1n) is 4.14. The molecule has 3 heteroatoms. The zero-order chi connectivity index (χ0) is 9.56. The summed E-state index contributed by atoms with van der Waals surface area (Å²) < 4.78 is 4.84. The second-order valence-corrected chi connectivity index (χ2v) is 2.73. The summed E-state index contributed by atoms with van der Waals surface area (Å²) >= 11 is 0. The zero-order valence-corrected chi connectivity index (χ0v) is 8.04. The van der Waals surface area contributed by atoms with Gasteiger partial charge >= 0.3 is 6.09 Å². The van der Waals surface area contributed by atoms with Gasteiger partial charge in [0.15, 0.2) is 0 Å². The molecule has 0 heterocycles. The van der Waals surface area contributed by atoms with Crippen LogP contribution in [0.25, 0.3) is 0 Å². The van der Waals surface area contributed by atoms with Crippen LogP contribution in [0.15, 0.2) is 12.7 Å². The van der Waals surface area contributed by atoms with Crippen molar-refractivity contribution in [3.05, 3.63) is 12.7 Å². The van der Waals surface area contributed by atoms with E-state index in [-0.39, 0.29) is 18.7 Å². The van der Waals surface area contributed by atoms with Gasteiger partial charge in [0.25, 0.3) is 0 Å². The monoisotopic (exact) mass is 171 g/mol. The molecule has 0 rings (SSSR count). The molecule has 0 spiro atoms. The van der Waals surface area contributed by atoms with Gasteiger partial charge in [-0.15, -0.1) is 0 Å². The average Bonchev–Trinajstić information content (AvgIpc) is 2.11. The number of carbonyl (C=O) groups excluding carboxylic acids is 1. The Labute approximate surface area is 74.0 Å². The second kappa shape index (κ2) is 5.63. The van der Waals surface area contributed by atoms with E-state index < -0.39 is 0 Å². The summed E-state index contributed by atoms with van der Waals surface area (Å²) in [6.45, 7) is 7.75. The highest BCUT2D eigenvalue weighted by molar-refractivity contribution is 5.67. The van der Waals surface area contributed by atoms with E-state index in [0.29, 0.717) is 0 Å². The Morgan fingerprint density at radius 2 is 2.33 bits per heavy atom. The summed E-state index contributed by atoms with van der Waals surface area (Å²) in [6.07, 6.45) is 2.20. The Balaban J connectivity index is 3.83. The van der Waals surface area contributed by atoms with E-state index in [1.165, 1.54) is 0 Å².